The van der Waals surface area contributed by atoms with E-state index in [9.17, 15) is 46.8 Å². The summed E-state index contributed by atoms with van der Waals surface area (Å²) in [7, 11) is -3.33. The van der Waals surface area contributed by atoms with E-state index in [1.807, 2.05) is 21.9 Å². The summed E-state index contributed by atoms with van der Waals surface area (Å²) >= 11 is 0. The average molecular weight is 1190 g/mol. The molecule has 5 N–H and O–H groups in total. The Bertz CT molecular complexity index is 3170. The van der Waals surface area contributed by atoms with Crippen LogP contribution in [0, 0.1) is 11.6 Å². The van der Waals surface area contributed by atoms with Crippen molar-refractivity contribution in [1.29, 1.82) is 0 Å². The third-order valence-corrected chi connectivity index (χ3v) is 14.8. The van der Waals surface area contributed by atoms with Crippen LogP contribution in [-0.4, -0.2) is 168 Å². The SMILES string of the molecule is CC(=O)NC[C@H]1CN(c2ccc(N3CCN(C(=O)CCC(=O)c4ccc(CN)cc4)CC3)c(F)c2)C(=O)O1.CC(C)(C)OC(=O)NC[C@H]1CN(c2ccc(N3CCN(C(=O)CCC(=O)c4ccc(CNS(C)(=O)=O)cc4)CC3)c(F)c2)C(=O)O1. The minimum atomic E-state index is -3.33. The molecular formula is C58H72F2N10O13S. The Morgan fingerprint density at radius 2 is 1.04 bits per heavy atom. The Labute approximate surface area is 486 Å². The number of nitrogens with one attached hydrogen (secondary N) is 3. The molecule has 6 amide bonds. The van der Waals surface area contributed by atoms with Crippen molar-refractivity contribution in [2.75, 3.05) is 104 Å². The highest BCUT2D eigenvalue weighted by atomic mass is 32.2. The third-order valence-electron chi connectivity index (χ3n) is 14.1. The van der Waals surface area contributed by atoms with Crippen LogP contribution in [0.1, 0.15) is 85.2 Å². The largest absolute Gasteiger partial charge is 0.444 e. The van der Waals surface area contributed by atoms with E-state index in [0.717, 1.165) is 11.8 Å². The lowest BCUT2D eigenvalue weighted by Crippen LogP contribution is -2.49. The number of ketones is 2. The lowest BCUT2D eigenvalue weighted by Gasteiger charge is -2.36. The predicted molar refractivity (Wildman–Crippen MR) is 308 cm³/mol. The zero-order valence-electron chi connectivity index (χ0n) is 47.7. The van der Waals surface area contributed by atoms with Crippen molar-refractivity contribution in [3.63, 3.8) is 0 Å². The second-order valence-corrected chi connectivity index (χ2v) is 23.4. The normalized spacial score (nSPS) is 17.2. The van der Waals surface area contributed by atoms with E-state index in [4.69, 9.17) is 19.9 Å². The number of sulfonamides is 1. The maximum atomic E-state index is 15.2. The van der Waals surface area contributed by atoms with Crippen LogP contribution in [-0.2, 0) is 51.7 Å². The Hall–Kier alpha value is -8.23. The molecule has 4 aliphatic heterocycles. The van der Waals surface area contributed by atoms with Gasteiger partial charge in [-0.1, -0.05) is 48.5 Å². The van der Waals surface area contributed by atoms with E-state index >= 15 is 8.78 Å². The lowest BCUT2D eigenvalue weighted by atomic mass is 10.0. The molecule has 0 spiro atoms. The van der Waals surface area contributed by atoms with E-state index in [-0.39, 0.29) is 87.7 Å². The maximum Gasteiger partial charge on any atom is 0.414 e. The van der Waals surface area contributed by atoms with Crippen molar-refractivity contribution in [2.45, 2.75) is 84.3 Å². The first-order valence-corrected chi connectivity index (χ1v) is 29.4. The number of hydrogen-bond acceptors (Lipinski definition) is 16. The highest BCUT2D eigenvalue weighted by molar-refractivity contribution is 7.88. The van der Waals surface area contributed by atoms with Gasteiger partial charge in [0.15, 0.2) is 11.6 Å². The number of nitrogens with zero attached hydrogens (tertiary/aromatic N) is 6. The molecule has 8 rings (SSSR count). The quantitative estimate of drug-likeness (QED) is 0.0662. The molecule has 2 atom stereocenters. The van der Waals surface area contributed by atoms with Gasteiger partial charge in [0.25, 0.3) is 0 Å². The number of rotatable bonds is 20. The van der Waals surface area contributed by atoms with Crippen LogP contribution in [0.5, 0.6) is 0 Å². The topological polar surface area (TPSA) is 280 Å². The molecule has 84 heavy (non-hydrogen) atoms. The van der Waals surface area contributed by atoms with Gasteiger partial charge >= 0.3 is 18.3 Å². The van der Waals surface area contributed by atoms with Gasteiger partial charge in [-0.25, -0.2) is 36.3 Å². The molecule has 26 heteroatoms. The molecule has 452 valence electrons. The molecule has 4 aliphatic rings. The van der Waals surface area contributed by atoms with Gasteiger partial charge in [0, 0.05) is 109 Å². The molecule has 4 heterocycles. The smallest absolute Gasteiger partial charge is 0.414 e. The molecule has 23 nitrogen and oxygen atoms in total. The fourth-order valence-electron chi connectivity index (χ4n) is 9.58. The van der Waals surface area contributed by atoms with Crippen LogP contribution in [0.15, 0.2) is 84.9 Å². The predicted octanol–water partition coefficient (Wildman–Crippen LogP) is 5.09. The van der Waals surface area contributed by atoms with E-state index in [0.29, 0.717) is 98.3 Å². The summed E-state index contributed by atoms with van der Waals surface area (Å²) in [6, 6.07) is 22.7. The number of hydrogen-bond donors (Lipinski definition) is 4. The van der Waals surface area contributed by atoms with Crippen molar-refractivity contribution in [1.82, 2.24) is 25.2 Å². The molecule has 0 radical (unpaired) electrons. The Morgan fingerprint density at radius 3 is 1.42 bits per heavy atom. The standard InChI is InChI=1S/C31H40FN5O8S.C27H32FN5O5/c1-31(2,3)45-29(40)33-19-24-20-37(30(41)44-24)23-9-10-26(25(32)17-23)35-13-15-36(16-14-35)28(39)12-11-27(38)22-7-5-21(6-8-22)18-34-46(4,42)43;1-18(34)30-16-22-17-33(27(37)38-22)21-6-7-24(23(28)14-21)31-10-12-32(13-11-31)26(36)9-8-25(35)20-4-2-19(15-29)3-5-20/h5-10,17,24,34H,11-16,18-20H2,1-4H3,(H,33,40);2-7,14,22H,8-13,15-17,29H2,1H3,(H,30,34)/t24-;22-/m00/s1. The minimum absolute atomic E-state index is 0.0347. The summed E-state index contributed by atoms with van der Waals surface area (Å²) < 4.78 is 70.9. The van der Waals surface area contributed by atoms with Crippen molar-refractivity contribution in [2.24, 2.45) is 5.73 Å². The highest BCUT2D eigenvalue weighted by Gasteiger charge is 2.35. The van der Waals surface area contributed by atoms with Crippen LogP contribution in [0.3, 0.4) is 0 Å². The molecule has 4 fully saturated rings. The summed E-state index contributed by atoms with van der Waals surface area (Å²) in [6.07, 6.45) is -1.60. The molecule has 4 aromatic carbocycles. The minimum Gasteiger partial charge on any atom is -0.444 e. The maximum absolute atomic E-state index is 15.2. The number of anilines is 4. The molecule has 0 unspecified atom stereocenters. The Kier molecular flexibility index (Phi) is 21.4. The van der Waals surface area contributed by atoms with Crippen molar-refractivity contribution < 1.29 is 69.8 Å². The number of ether oxygens (including phenoxy) is 3. The van der Waals surface area contributed by atoms with Crippen LogP contribution >= 0.6 is 0 Å². The number of cyclic esters (lactones) is 2. The van der Waals surface area contributed by atoms with Gasteiger partial charge in [-0.3, -0.25) is 33.8 Å². The molecular weight excluding hydrogens is 1110 g/mol. The van der Waals surface area contributed by atoms with Crippen molar-refractivity contribution >= 4 is 80.3 Å². The summed E-state index contributed by atoms with van der Waals surface area (Å²) in [6.45, 7) is 10.9. The van der Waals surface area contributed by atoms with E-state index in [1.54, 1.807) is 91.2 Å². The second-order valence-electron chi connectivity index (χ2n) is 21.6. The monoisotopic (exact) mass is 1190 g/mol. The van der Waals surface area contributed by atoms with E-state index < -0.39 is 57.7 Å². The lowest BCUT2D eigenvalue weighted by molar-refractivity contribution is -0.132. The zero-order valence-corrected chi connectivity index (χ0v) is 48.5. The van der Waals surface area contributed by atoms with Crippen molar-refractivity contribution in [3.8, 4) is 0 Å². The van der Waals surface area contributed by atoms with Gasteiger partial charge in [0.2, 0.25) is 27.7 Å². The van der Waals surface area contributed by atoms with E-state index in [1.165, 1.54) is 28.9 Å². The Morgan fingerprint density at radius 1 is 0.619 bits per heavy atom. The first-order valence-electron chi connectivity index (χ1n) is 27.5. The summed E-state index contributed by atoms with van der Waals surface area (Å²) in [5.74, 6) is -1.78. The second kappa shape index (κ2) is 28.4. The molecule has 0 bridgehead atoms. The summed E-state index contributed by atoms with van der Waals surface area (Å²) in [5.41, 5.74) is 8.99. The number of carbonyl (C=O) groups is 8. The van der Waals surface area contributed by atoms with Crippen LogP contribution < -0.4 is 40.7 Å². The molecule has 4 aromatic rings. The van der Waals surface area contributed by atoms with Crippen LogP contribution in [0.25, 0.3) is 0 Å². The molecule has 0 saturated carbocycles. The Balaban J connectivity index is 0.000000245. The fourth-order valence-corrected chi connectivity index (χ4v) is 10.0. The number of benzene rings is 4. The highest BCUT2D eigenvalue weighted by Crippen LogP contribution is 2.31. The van der Waals surface area contributed by atoms with Crippen LogP contribution in [0.2, 0.25) is 0 Å². The van der Waals surface area contributed by atoms with Gasteiger partial charge in [-0.05, 0) is 68.3 Å². The van der Waals surface area contributed by atoms with Crippen molar-refractivity contribution in [3.05, 3.63) is 119 Å². The van der Waals surface area contributed by atoms with Gasteiger partial charge < -0.3 is 50.2 Å². The summed E-state index contributed by atoms with van der Waals surface area (Å²) in [4.78, 5) is 108. The number of halogens is 2. The fraction of sp³-hybridized carbons (Fsp3) is 0.448. The number of piperazine rings is 2. The van der Waals surface area contributed by atoms with Gasteiger partial charge in [-0.2, -0.15) is 0 Å². The molecule has 0 aliphatic carbocycles. The number of nitrogens with two attached hydrogens (primary N) is 1. The first kappa shape index (κ1) is 63.4. The number of Topliss-reactive ketones (excluding diaryl/α,β-unsaturated/α-hetero) is 2. The van der Waals surface area contributed by atoms with Gasteiger partial charge in [0.05, 0.1) is 55.2 Å². The molecule has 0 aromatic heterocycles. The number of carbonyl (C=O) groups excluding carboxylic acids is 8. The third kappa shape index (κ3) is 18.1. The number of alkyl carbamates (subject to hydrolysis) is 1. The summed E-state index contributed by atoms with van der Waals surface area (Å²) in [5, 5.41) is 5.18. The first-order chi connectivity index (χ1) is 39.8. The van der Waals surface area contributed by atoms with E-state index in [2.05, 4.69) is 15.4 Å². The molecule has 4 saturated heterocycles. The van der Waals surface area contributed by atoms with Gasteiger partial charge in [-0.15, -0.1) is 0 Å². The van der Waals surface area contributed by atoms with Crippen LogP contribution in [0.4, 0.5) is 45.9 Å². The van der Waals surface area contributed by atoms with Gasteiger partial charge in [0.1, 0.15) is 29.4 Å². The number of amides is 6. The average Bonchev–Trinajstić information content (AvgIpc) is 3.71. The zero-order chi connectivity index (χ0) is 60.9.